The van der Waals surface area contributed by atoms with Crippen LogP contribution in [0.15, 0.2) is 41.5 Å². The number of benzene rings is 1. The number of methoxy groups -OCH3 is 1. The predicted molar refractivity (Wildman–Crippen MR) is 117 cm³/mol. The van der Waals surface area contributed by atoms with Gasteiger partial charge in [0.2, 0.25) is 5.88 Å². The van der Waals surface area contributed by atoms with Crippen molar-refractivity contribution >= 4 is 35.6 Å². The fourth-order valence-corrected chi connectivity index (χ4v) is 3.14. The number of nitrogens with one attached hydrogen (secondary N) is 1. The van der Waals surface area contributed by atoms with E-state index in [9.17, 15) is 8.78 Å². The summed E-state index contributed by atoms with van der Waals surface area (Å²) in [5.74, 6) is 0.486. The molecular formula is C19H24F2IN5O. The minimum Gasteiger partial charge on any atom is -0.481 e. The van der Waals surface area contributed by atoms with Gasteiger partial charge in [0.1, 0.15) is 11.6 Å². The number of pyridine rings is 1. The Morgan fingerprint density at radius 1 is 1.21 bits per heavy atom. The van der Waals surface area contributed by atoms with Crippen LogP contribution in [0.3, 0.4) is 0 Å². The Kier molecular flexibility index (Phi) is 8.21. The van der Waals surface area contributed by atoms with E-state index in [2.05, 4.69) is 20.2 Å². The molecule has 1 aliphatic heterocycles. The Labute approximate surface area is 180 Å². The number of halogens is 3. The fourth-order valence-electron chi connectivity index (χ4n) is 3.14. The Balaban J connectivity index is 0.00000280. The molecule has 152 valence electrons. The smallest absolute Gasteiger partial charge is 0.218 e. The molecule has 0 aliphatic carbocycles. The largest absolute Gasteiger partial charge is 0.481 e. The summed E-state index contributed by atoms with van der Waals surface area (Å²) in [6.07, 6.45) is 1.68. The molecule has 0 amide bonds. The molecule has 0 spiro atoms. The number of piperazine rings is 1. The van der Waals surface area contributed by atoms with Gasteiger partial charge in [0, 0.05) is 57.6 Å². The molecule has 1 aromatic heterocycles. The number of aromatic nitrogens is 1. The standard InChI is InChI=1S/C19H23F2N5O.HI/c1-22-19(24-13-14-4-3-7-23-18(14)27-2)26-10-8-25(9-11-26)17-12-15(20)5-6-16(17)21;/h3-7,12H,8-11,13H2,1-2H3,(H,22,24);1H. The molecule has 1 fully saturated rings. The second-order valence-corrected chi connectivity index (χ2v) is 6.14. The van der Waals surface area contributed by atoms with Crippen LogP contribution in [-0.2, 0) is 6.54 Å². The monoisotopic (exact) mass is 503 g/mol. The molecule has 0 saturated carbocycles. The number of rotatable bonds is 4. The van der Waals surface area contributed by atoms with Crippen LogP contribution in [0.2, 0.25) is 0 Å². The summed E-state index contributed by atoms with van der Waals surface area (Å²) in [6, 6.07) is 7.34. The first-order valence-corrected chi connectivity index (χ1v) is 8.76. The highest BCUT2D eigenvalue weighted by molar-refractivity contribution is 14.0. The molecule has 0 unspecified atom stereocenters. The van der Waals surface area contributed by atoms with Gasteiger partial charge in [-0.3, -0.25) is 4.99 Å². The first-order valence-electron chi connectivity index (χ1n) is 8.76. The van der Waals surface area contributed by atoms with Gasteiger partial charge in [0.05, 0.1) is 12.8 Å². The molecule has 1 saturated heterocycles. The second kappa shape index (κ2) is 10.4. The highest BCUT2D eigenvalue weighted by Gasteiger charge is 2.22. The molecule has 6 nitrogen and oxygen atoms in total. The van der Waals surface area contributed by atoms with Crippen LogP contribution in [0, 0.1) is 11.6 Å². The lowest BCUT2D eigenvalue weighted by Gasteiger charge is -2.37. The lowest BCUT2D eigenvalue weighted by molar-refractivity contribution is 0.368. The van der Waals surface area contributed by atoms with E-state index < -0.39 is 11.6 Å². The number of nitrogens with zero attached hydrogens (tertiary/aromatic N) is 4. The summed E-state index contributed by atoms with van der Waals surface area (Å²) in [4.78, 5) is 12.5. The summed E-state index contributed by atoms with van der Waals surface area (Å²) in [5.41, 5.74) is 1.24. The number of anilines is 1. The number of ether oxygens (including phenoxy) is 1. The topological polar surface area (TPSA) is 53.0 Å². The van der Waals surface area contributed by atoms with Crippen LogP contribution in [-0.4, -0.2) is 56.2 Å². The van der Waals surface area contributed by atoms with E-state index >= 15 is 0 Å². The molecular weight excluding hydrogens is 479 g/mol. The molecule has 1 N–H and O–H groups in total. The van der Waals surface area contributed by atoms with Crippen molar-refractivity contribution in [3.8, 4) is 5.88 Å². The molecule has 1 aliphatic rings. The highest BCUT2D eigenvalue weighted by atomic mass is 127. The number of aliphatic imine (C=N–C) groups is 1. The fraction of sp³-hybridized carbons (Fsp3) is 0.368. The first kappa shape index (κ1) is 22.1. The lowest BCUT2D eigenvalue weighted by atomic mass is 10.2. The normalized spacial score (nSPS) is 14.5. The van der Waals surface area contributed by atoms with E-state index in [0.29, 0.717) is 44.3 Å². The van der Waals surface area contributed by atoms with Gasteiger partial charge in [0.15, 0.2) is 5.96 Å². The third-order valence-corrected chi connectivity index (χ3v) is 4.52. The molecule has 0 radical (unpaired) electrons. The molecule has 2 heterocycles. The van der Waals surface area contributed by atoms with E-state index in [1.165, 1.54) is 12.1 Å². The van der Waals surface area contributed by atoms with Gasteiger partial charge in [-0.15, -0.1) is 24.0 Å². The van der Waals surface area contributed by atoms with E-state index in [4.69, 9.17) is 4.74 Å². The lowest BCUT2D eigenvalue weighted by Crippen LogP contribution is -2.52. The van der Waals surface area contributed by atoms with E-state index in [-0.39, 0.29) is 24.0 Å². The zero-order valence-electron chi connectivity index (χ0n) is 15.9. The Morgan fingerprint density at radius 2 is 1.96 bits per heavy atom. The molecule has 28 heavy (non-hydrogen) atoms. The van der Waals surface area contributed by atoms with Gasteiger partial charge in [-0.05, 0) is 18.2 Å². The van der Waals surface area contributed by atoms with Crippen molar-refractivity contribution < 1.29 is 13.5 Å². The van der Waals surface area contributed by atoms with Crippen molar-refractivity contribution in [1.82, 2.24) is 15.2 Å². The van der Waals surface area contributed by atoms with Crippen LogP contribution >= 0.6 is 24.0 Å². The van der Waals surface area contributed by atoms with E-state index in [1.54, 1.807) is 20.4 Å². The molecule has 0 atom stereocenters. The molecule has 0 bridgehead atoms. The molecule has 3 rings (SSSR count). The predicted octanol–water partition coefficient (Wildman–Crippen LogP) is 2.88. The van der Waals surface area contributed by atoms with Crippen LogP contribution in [0.5, 0.6) is 5.88 Å². The zero-order chi connectivity index (χ0) is 19.2. The Bertz CT molecular complexity index is 813. The maximum absolute atomic E-state index is 14.0. The third-order valence-electron chi connectivity index (χ3n) is 4.52. The third kappa shape index (κ3) is 5.21. The van der Waals surface area contributed by atoms with Crippen LogP contribution in [0.4, 0.5) is 14.5 Å². The van der Waals surface area contributed by atoms with Crippen molar-refractivity contribution in [3.05, 3.63) is 53.7 Å². The number of guanidine groups is 1. The van der Waals surface area contributed by atoms with Crippen molar-refractivity contribution in [3.63, 3.8) is 0 Å². The summed E-state index contributed by atoms with van der Waals surface area (Å²) in [7, 11) is 3.31. The Morgan fingerprint density at radius 3 is 2.64 bits per heavy atom. The molecule has 2 aromatic rings. The summed E-state index contributed by atoms with van der Waals surface area (Å²) >= 11 is 0. The van der Waals surface area contributed by atoms with Gasteiger partial charge in [-0.1, -0.05) is 6.07 Å². The van der Waals surface area contributed by atoms with Crippen LogP contribution in [0.25, 0.3) is 0 Å². The van der Waals surface area contributed by atoms with Gasteiger partial charge in [-0.25, -0.2) is 13.8 Å². The van der Waals surface area contributed by atoms with Crippen molar-refractivity contribution in [2.24, 2.45) is 4.99 Å². The van der Waals surface area contributed by atoms with Gasteiger partial charge in [-0.2, -0.15) is 0 Å². The average Bonchev–Trinajstić information content (AvgIpc) is 2.71. The minimum absolute atomic E-state index is 0. The summed E-state index contributed by atoms with van der Waals surface area (Å²) in [6.45, 7) is 3.00. The van der Waals surface area contributed by atoms with Crippen molar-refractivity contribution in [1.29, 1.82) is 0 Å². The van der Waals surface area contributed by atoms with Crippen molar-refractivity contribution in [2.75, 3.05) is 45.2 Å². The number of hydrogen-bond acceptors (Lipinski definition) is 4. The zero-order valence-corrected chi connectivity index (χ0v) is 18.2. The highest BCUT2D eigenvalue weighted by Crippen LogP contribution is 2.22. The number of hydrogen-bond donors (Lipinski definition) is 1. The summed E-state index contributed by atoms with van der Waals surface area (Å²) < 4.78 is 32.7. The Hall–Kier alpha value is -2.17. The SMILES string of the molecule is CN=C(NCc1cccnc1OC)N1CCN(c2cc(F)ccc2F)CC1.I. The quantitative estimate of drug-likeness (QED) is 0.395. The first-order chi connectivity index (χ1) is 13.1. The van der Waals surface area contributed by atoms with Crippen LogP contribution in [0.1, 0.15) is 5.56 Å². The summed E-state index contributed by atoms with van der Waals surface area (Å²) in [5, 5.41) is 3.31. The minimum atomic E-state index is -0.434. The van der Waals surface area contributed by atoms with E-state index in [1.807, 2.05) is 17.0 Å². The maximum atomic E-state index is 14.0. The van der Waals surface area contributed by atoms with Gasteiger partial charge >= 0.3 is 0 Å². The molecule has 9 heteroatoms. The van der Waals surface area contributed by atoms with E-state index in [0.717, 1.165) is 17.6 Å². The van der Waals surface area contributed by atoms with Gasteiger partial charge < -0.3 is 19.9 Å². The van der Waals surface area contributed by atoms with Crippen molar-refractivity contribution in [2.45, 2.75) is 6.54 Å². The van der Waals surface area contributed by atoms with Gasteiger partial charge in [0.25, 0.3) is 0 Å². The van der Waals surface area contributed by atoms with Crippen LogP contribution < -0.4 is 15.0 Å². The average molecular weight is 503 g/mol. The second-order valence-electron chi connectivity index (χ2n) is 6.14. The maximum Gasteiger partial charge on any atom is 0.218 e. The molecule has 1 aromatic carbocycles.